The minimum absolute atomic E-state index is 0.886. The first kappa shape index (κ1) is 11.0. The van der Waals surface area contributed by atoms with Crippen molar-refractivity contribution in [3.05, 3.63) is 22.3 Å². The van der Waals surface area contributed by atoms with Gasteiger partial charge in [0.25, 0.3) is 0 Å². The van der Waals surface area contributed by atoms with Gasteiger partial charge in [-0.1, -0.05) is 29.2 Å². The van der Waals surface area contributed by atoms with Crippen LogP contribution in [0.3, 0.4) is 0 Å². The Labute approximate surface area is 94.5 Å². The highest BCUT2D eigenvalue weighted by molar-refractivity contribution is 5.27. The van der Waals surface area contributed by atoms with Gasteiger partial charge in [0.1, 0.15) is 0 Å². The predicted molar refractivity (Wildman–Crippen MR) is 66.8 cm³/mol. The molecule has 0 aromatic rings. The van der Waals surface area contributed by atoms with Crippen LogP contribution in [0.4, 0.5) is 0 Å². The molecule has 2 rings (SSSR count). The Kier molecular flexibility index (Phi) is 3.04. The Morgan fingerprint density at radius 1 is 1.13 bits per heavy atom. The molecule has 0 N–H and O–H groups in total. The van der Waals surface area contributed by atoms with Crippen molar-refractivity contribution in [2.24, 2.45) is 11.8 Å². The van der Waals surface area contributed by atoms with E-state index in [1.165, 1.54) is 32.1 Å². The van der Waals surface area contributed by atoms with Gasteiger partial charge >= 0.3 is 0 Å². The van der Waals surface area contributed by atoms with Crippen LogP contribution in [0, 0.1) is 11.8 Å². The van der Waals surface area contributed by atoms with E-state index < -0.39 is 0 Å². The molecule has 0 aromatic heterocycles. The average Bonchev–Trinajstić information content (AvgIpc) is 2.43. The molecule has 0 heteroatoms. The summed E-state index contributed by atoms with van der Waals surface area (Å²) in [6.45, 7) is 9.39. The third-order valence-corrected chi connectivity index (χ3v) is 4.53. The SMILES string of the molecule is CC(C)=C1CCC(C)=C2CC[C@H](C)C2C1. The monoisotopic (exact) mass is 204 g/mol. The van der Waals surface area contributed by atoms with Gasteiger partial charge in [-0.25, -0.2) is 0 Å². The molecule has 0 bridgehead atoms. The van der Waals surface area contributed by atoms with Gasteiger partial charge in [-0.05, 0) is 64.7 Å². The van der Waals surface area contributed by atoms with E-state index in [1.54, 1.807) is 16.7 Å². The smallest absolute Gasteiger partial charge is 0.0137 e. The molecule has 2 atom stereocenters. The first-order chi connectivity index (χ1) is 7.09. The Balaban J connectivity index is 2.30. The maximum Gasteiger partial charge on any atom is -0.0137 e. The molecular formula is C15H24. The zero-order valence-electron chi connectivity index (χ0n) is 10.7. The summed E-state index contributed by atoms with van der Waals surface area (Å²) in [5.41, 5.74) is 6.84. The lowest BCUT2D eigenvalue weighted by molar-refractivity contribution is 0.453. The van der Waals surface area contributed by atoms with Gasteiger partial charge < -0.3 is 0 Å². The summed E-state index contributed by atoms with van der Waals surface area (Å²) in [7, 11) is 0. The van der Waals surface area contributed by atoms with Crippen molar-refractivity contribution in [2.75, 3.05) is 0 Å². The van der Waals surface area contributed by atoms with Gasteiger partial charge in [0, 0.05) is 0 Å². The number of hydrogen-bond donors (Lipinski definition) is 0. The van der Waals surface area contributed by atoms with Gasteiger partial charge in [0.15, 0.2) is 0 Å². The van der Waals surface area contributed by atoms with Gasteiger partial charge in [-0.3, -0.25) is 0 Å². The summed E-state index contributed by atoms with van der Waals surface area (Å²) in [4.78, 5) is 0. The van der Waals surface area contributed by atoms with Crippen molar-refractivity contribution >= 4 is 0 Å². The zero-order chi connectivity index (χ0) is 11.0. The maximum absolute atomic E-state index is 2.44. The van der Waals surface area contributed by atoms with E-state index in [4.69, 9.17) is 0 Å². The van der Waals surface area contributed by atoms with E-state index in [0.29, 0.717) is 0 Å². The second-order valence-electron chi connectivity index (χ2n) is 5.74. The third kappa shape index (κ3) is 2.04. The predicted octanol–water partition coefficient (Wildman–Crippen LogP) is 4.87. The Morgan fingerprint density at radius 3 is 2.53 bits per heavy atom. The van der Waals surface area contributed by atoms with E-state index in [-0.39, 0.29) is 0 Å². The summed E-state index contributed by atoms with van der Waals surface area (Å²) in [5.74, 6) is 1.81. The second-order valence-corrected chi connectivity index (χ2v) is 5.74. The van der Waals surface area contributed by atoms with Gasteiger partial charge in [-0.2, -0.15) is 0 Å². The van der Waals surface area contributed by atoms with Crippen molar-refractivity contribution in [1.82, 2.24) is 0 Å². The molecule has 0 aromatic carbocycles. The molecule has 1 fully saturated rings. The molecule has 0 aliphatic heterocycles. The molecule has 2 aliphatic carbocycles. The van der Waals surface area contributed by atoms with Crippen LogP contribution in [0.2, 0.25) is 0 Å². The number of allylic oxidation sites excluding steroid dienone is 4. The molecule has 2 aliphatic rings. The molecule has 0 saturated heterocycles. The van der Waals surface area contributed by atoms with Crippen molar-refractivity contribution in [1.29, 1.82) is 0 Å². The van der Waals surface area contributed by atoms with Crippen molar-refractivity contribution in [2.45, 2.75) is 59.8 Å². The lowest BCUT2D eigenvalue weighted by atomic mass is 9.87. The quantitative estimate of drug-likeness (QED) is 0.494. The zero-order valence-corrected chi connectivity index (χ0v) is 10.7. The normalized spacial score (nSPS) is 31.6. The van der Waals surface area contributed by atoms with E-state index in [0.717, 1.165) is 11.8 Å². The molecule has 0 amide bonds. The van der Waals surface area contributed by atoms with Crippen molar-refractivity contribution in [3.63, 3.8) is 0 Å². The third-order valence-electron chi connectivity index (χ3n) is 4.53. The van der Waals surface area contributed by atoms with E-state index in [1.807, 2.05) is 5.57 Å². The van der Waals surface area contributed by atoms with Crippen LogP contribution in [-0.2, 0) is 0 Å². The Hall–Kier alpha value is -0.520. The first-order valence-electron chi connectivity index (χ1n) is 6.43. The Bertz CT molecular complexity index is 313. The van der Waals surface area contributed by atoms with E-state index in [9.17, 15) is 0 Å². The molecule has 0 radical (unpaired) electrons. The van der Waals surface area contributed by atoms with Crippen molar-refractivity contribution in [3.8, 4) is 0 Å². The lowest BCUT2D eigenvalue weighted by Crippen LogP contribution is -2.06. The summed E-state index contributed by atoms with van der Waals surface area (Å²) >= 11 is 0. The van der Waals surface area contributed by atoms with Crippen LogP contribution in [0.25, 0.3) is 0 Å². The number of rotatable bonds is 0. The highest BCUT2D eigenvalue weighted by atomic mass is 14.4. The van der Waals surface area contributed by atoms with Crippen molar-refractivity contribution < 1.29 is 0 Å². The summed E-state index contributed by atoms with van der Waals surface area (Å²) in [5, 5.41) is 0. The molecule has 1 saturated carbocycles. The summed E-state index contributed by atoms with van der Waals surface area (Å²) < 4.78 is 0. The van der Waals surface area contributed by atoms with Crippen LogP contribution in [0.5, 0.6) is 0 Å². The second kappa shape index (κ2) is 4.15. The molecule has 84 valence electrons. The number of hydrogen-bond acceptors (Lipinski definition) is 0. The topological polar surface area (TPSA) is 0 Å². The fraction of sp³-hybridized carbons (Fsp3) is 0.733. The molecule has 0 nitrogen and oxygen atoms in total. The molecule has 0 spiro atoms. The van der Waals surface area contributed by atoms with E-state index >= 15 is 0 Å². The van der Waals surface area contributed by atoms with Crippen LogP contribution < -0.4 is 0 Å². The maximum atomic E-state index is 2.44. The van der Waals surface area contributed by atoms with Crippen LogP contribution in [0.15, 0.2) is 22.3 Å². The number of fused-ring (bicyclic) bond motifs is 1. The van der Waals surface area contributed by atoms with Crippen LogP contribution >= 0.6 is 0 Å². The largest absolute Gasteiger partial charge is 0.0772 e. The highest BCUT2D eigenvalue weighted by Crippen LogP contribution is 2.45. The van der Waals surface area contributed by atoms with Gasteiger partial charge in [0.05, 0.1) is 0 Å². The Morgan fingerprint density at radius 2 is 1.87 bits per heavy atom. The first-order valence-corrected chi connectivity index (χ1v) is 6.43. The molecular weight excluding hydrogens is 180 g/mol. The summed E-state index contributed by atoms with van der Waals surface area (Å²) in [6.07, 6.45) is 6.80. The molecule has 0 heterocycles. The van der Waals surface area contributed by atoms with Gasteiger partial charge in [0.2, 0.25) is 0 Å². The fourth-order valence-corrected chi connectivity index (χ4v) is 3.29. The lowest BCUT2D eigenvalue weighted by Gasteiger charge is -2.18. The standard InChI is InChI=1S/C15H24/c1-10(2)13-7-5-11(3)14-8-6-12(4)15(14)9-13/h12,15H,5-9H2,1-4H3/t12-,15?/m0/s1. The minimum Gasteiger partial charge on any atom is -0.0772 e. The highest BCUT2D eigenvalue weighted by Gasteiger charge is 2.31. The fourth-order valence-electron chi connectivity index (χ4n) is 3.29. The minimum atomic E-state index is 0.886. The van der Waals surface area contributed by atoms with Crippen LogP contribution in [0.1, 0.15) is 59.8 Å². The molecule has 15 heavy (non-hydrogen) atoms. The molecule has 1 unspecified atom stereocenters. The average molecular weight is 204 g/mol. The van der Waals surface area contributed by atoms with E-state index in [2.05, 4.69) is 27.7 Å². The van der Waals surface area contributed by atoms with Crippen LogP contribution in [-0.4, -0.2) is 0 Å². The van der Waals surface area contributed by atoms with Gasteiger partial charge in [-0.15, -0.1) is 0 Å². The summed E-state index contributed by atoms with van der Waals surface area (Å²) in [6, 6.07) is 0.